The molecule has 5 heteroatoms. The van der Waals surface area contributed by atoms with E-state index in [9.17, 15) is 10.2 Å². The maximum Gasteiger partial charge on any atom is 0.327 e. The van der Waals surface area contributed by atoms with Gasteiger partial charge in [0.2, 0.25) is 0 Å². The van der Waals surface area contributed by atoms with E-state index in [1.807, 2.05) is 6.07 Å². The van der Waals surface area contributed by atoms with Crippen molar-refractivity contribution in [1.29, 1.82) is 0 Å². The lowest BCUT2D eigenvalue weighted by Gasteiger charge is -2.05. The molecule has 1 aromatic carbocycles. The van der Waals surface area contributed by atoms with Crippen LogP contribution in [0.1, 0.15) is 76.7 Å². The first-order valence-corrected chi connectivity index (χ1v) is 9.22. The molecular weight excluding hydrogens is 316 g/mol. The van der Waals surface area contributed by atoms with Gasteiger partial charge < -0.3 is 14.9 Å². The van der Waals surface area contributed by atoms with Crippen LogP contribution in [0.25, 0.3) is 0 Å². The van der Waals surface area contributed by atoms with Crippen molar-refractivity contribution in [3.05, 3.63) is 23.8 Å². The van der Waals surface area contributed by atoms with Gasteiger partial charge in [-0.3, -0.25) is 0 Å². The van der Waals surface area contributed by atoms with Crippen molar-refractivity contribution >= 4 is 0 Å². The van der Waals surface area contributed by atoms with E-state index in [1.165, 1.54) is 63.9 Å². The normalized spacial score (nSPS) is 10.2. The number of aromatic hydroxyl groups is 2. The minimum atomic E-state index is -0.167. The Morgan fingerprint density at radius 3 is 1.83 bits per heavy atom. The molecule has 23 heavy (non-hydrogen) atoms. The third-order valence-electron chi connectivity index (χ3n) is 3.87. The topological polar surface area (TPSA) is 83.8 Å². The third-order valence-corrected chi connectivity index (χ3v) is 3.87. The van der Waals surface area contributed by atoms with Crippen LogP contribution in [-0.4, -0.2) is 14.9 Å². The summed E-state index contributed by atoms with van der Waals surface area (Å²) in [6.07, 6.45) is 14.2. The summed E-state index contributed by atoms with van der Waals surface area (Å²) in [6, 6.07) is 4.88. The van der Waals surface area contributed by atoms with Crippen molar-refractivity contribution in [3.63, 3.8) is 0 Å². The first-order chi connectivity index (χ1) is 11.2. The predicted molar refractivity (Wildman–Crippen MR) is 87.5 cm³/mol. The molecule has 0 unspecified atom stereocenters. The third kappa shape index (κ3) is 13.2. The number of unbranched alkanes of at least 4 members (excludes halogenated alkanes) is 9. The zero-order chi connectivity index (χ0) is 17.3. The van der Waals surface area contributed by atoms with Crippen LogP contribution in [-0.2, 0) is 6.42 Å². The molecule has 3 N–H and O–H groups in total. The lowest BCUT2D eigenvalue weighted by molar-refractivity contribution is -1.27. The Hall–Kier alpha value is -0.970. The molecule has 0 spiro atoms. The second-order valence-corrected chi connectivity index (χ2v) is 5.95. The number of aryl methyl sites for hydroxylation is 1. The van der Waals surface area contributed by atoms with Gasteiger partial charge in [-0.2, -0.15) is 0 Å². The highest BCUT2D eigenvalue weighted by Gasteiger charge is 2.01. The van der Waals surface area contributed by atoms with Crippen molar-refractivity contribution in [3.8, 4) is 11.5 Å². The molecule has 0 fully saturated rings. The van der Waals surface area contributed by atoms with E-state index in [2.05, 4.69) is 6.92 Å². The summed E-state index contributed by atoms with van der Waals surface area (Å²) in [7, 11) is 0. The first-order valence-electron chi connectivity index (χ1n) is 8.57. The van der Waals surface area contributed by atoms with E-state index >= 15 is 0 Å². The van der Waals surface area contributed by atoms with Crippen molar-refractivity contribution < 1.29 is 30.9 Å². The molecule has 0 aliphatic heterocycles. The monoisotopic (exact) mass is 346 g/mol. The van der Waals surface area contributed by atoms with Gasteiger partial charge in [0.1, 0.15) is 11.5 Å². The Balaban J connectivity index is 0.00000149. The smallest absolute Gasteiger partial charge is 0.327 e. The zero-order valence-electron chi connectivity index (χ0n) is 14.1. The van der Waals surface area contributed by atoms with E-state index in [0.717, 1.165) is 18.4 Å². The number of phenols is 2. The van der Waals surface area contributed by atoms with Crippen LogP contribution in [0.5, 0.6) is 11.5 Å². The van der Waals surface area contributed by atoms with Crippen LogP contribution in [0.2, 0.25) is 0 Å². The summed E-state index contributed by atoms with van der Waals surface area (Å²) in [5.41, 5.74) is 0.947. The lowest BCUT2D eigenvalue weighted by atomic mass is 10.0. The Morgan fingerprint density at radius 1 is 0.870 bits per heavy atom. The average molecular weight is 347 g/mol. The molecule has 0 saturated carbocycles. The molecule has 0 heterocycles. The molecule has 0 saturated heterocycles. The fourth-order valence-electron chi connectivity index (χ4n) is 2.57. The van der Waals surface area contributed by atoms with E-state index in [0.29, 0.717) is 0 Å². The van der Waals surface area contributed by atoms with Crippen LogP contribution >= 0.6 is 0 Å². The second kappa shape index (κ2) is 15.9. The molecule has 0 aliphatic rings. The minimum absolute atomic E-state index is 0.134. The van der Waals surface area contributed by atoms with Gasteiger partial charge >= 0.3 is 11.3 Å². The van der Waals surface area contributed by atoms with Gasteiger partial charge in [0.05, 0.1) is 0 Å². The van der Waals surface area contributed by atoms with Gasteiger partial charge in [0, 0.05) is 6.07 Å². The lowest BCUT2D eigenvalue weighted by Crippen LogP contribution is -1.94. The van der Waals surface area contributed by atoms with Crippen LogP contribution in [0.4, 0.5) is 0 Å². The van der Waals surface area contributed by atoms with Crippen LogP contribution < -0.4 is 4.66 Å². The van der Waals surface area contributed by atoms with Gasteiger partial charge in [-0.05, 0) is 24.5 Å². The number of hydrogen-bond acceptors (Lipinski definition) is 4. The Morgan fingerprint density at radius 2 is 1.35 bits per heavy atom. The summed E-state index contributed by atoms with van der Waals surface area (Å²) in [4.78, 5) is 0. The van der Waals surface area contributed by atoms with Crippen molar-refractivity contribution in [1.82, 2.24) is 0 Å². The van der Waals surface area contributed by atoms with Gasteiger partial charge in [0.25, 0.3) is 0 Å². The Kier molecular flexibility index (Phi) is 15.2. The van der Waals surface area contributed by atoms with Crippen LogP contribution in [0, 0.1) is 11.3 Å². The fourth-order valence-corrected chi connectivity index (χ4v) is 2.57. The second-order valence-electron chi connectivity index (χ2n) is 5.81. The summed E-state index contributed by atoms with van der Waals surface area (Å²) >= 11 is -0.167. The van der Waals surface area contributed by atoms with Gasteiger partial charge in [-0.25, -0.2) is 0 Å². The number of halogens is 1. The summed E-state index contributed by atoms with van der Waals surface area (Å²) in [6.45, 7) is 2.26. The Labute approximate surface area is 144 Å². The van der Waals surface area contributed by atoms with E-state index < -0.39 is 0 Å². The molecule has 1 aromatic rings. The molecule has 134 valence electrons. The molecule has 0 aromatic heterocycles. The summed E-state index contributed by atoms with van der Waals surface area (Å²) in [5, 5.41) is 18.9. The molecule has 4 nitrogen and oxygen atoms in total. The standard InChI is InChI=1S/C18H30O2.ClHO2/c1-2-3-4-5-6-7-8-9-10-11-12-16-13-14-17(19)15-18(16)20;2-1-3/h13-15,19-20H,2-12H2,1H3;2H. The molecule has 0 radical (unpaired) electrons. The van der Waals surface area contributed by atoms with Crippen LogP contribution in [0.3, 0.4) is 0 Å². The molecule has 1 rings (SSSR count). The maximum atomic E-state index is 9.67. The molecule has 0 aliphatic carbocycles. The average Bonchev–Trinajstić information content (AvgIpc) is 2.52. The van der Waals surface area contributed by atoms with Gasteiger partial charge in [0.15, 0.2) is 0 Å². The minimum Gasteiger partial charge on any atom is -0.508 e. The summed E-state index contributed by atoms with van der Waals surface area (Å²) in [5.74, 6) is 0.357. The highest BCUT2D eigenvalue weighted by atomic mass is 35.6. The number of benzene rings is 1. The summed E-state index contributed by atoms with van der Waals surface area (Å²) < 4.78 is 15.2. The number of phenolic OH excluding ortho intramolecular Hbond substituents is 2. The van der Waals surface area contributed by atoms with Crippen molar-refractivity contribution in [2.45, 2.75) is 77.6 Å². The highest BCUT2D eigenvalue weighted by Crippen LogP contribution is 2.24. The largest absolute Gasteiger partial charge is 0.508 e. The van der Waals surface area contributed by atoms with Gasteiger partial charge in [-0.1, -0.05) is 70.8 Å². The SMILES string of the molecule is CCCCCCCCCCCCc1ccc(O)cc1O.[O-][Cl+]O. The van der Waals surface area contributed by atoms with E-state index in [4.69, 9.17) is 9.32 Å². The zero-order valence-corrected chi connectivity index (χ0v) is 14.9. The van der Waals surface area contributed by atoms with Crippen molar-refractivity contribution in [2.24, 2.45) is 0 Å². The van der Waals surface area contributed by atoms with Crippen molar-refractivity contribution in [2.75, 3.05) is 0 Å². The molecule has 0 atom stereocenters. The molecule has 0 amide bonds. The van der Waals surface area contributed by atoms with E-state index in [1.54, 1.807) is 6.07 Å². The Bertz CT molecular complexity index is 385. The predicted octanol–water partition coefficient (Wildman–Crippen LogP) is 3.82. The first kappa shape index (κ1) is 22.0. The molecule has 0 bridgehead atoms. The van der Waals surface area contributed by atoms with Gasteiger partial charge in [-0.15, -0.1) is 4.66 Å². The maximum absolute atomic E-state index is 9.67. The highest BCUT2D eigenvalue weighted by molar-refractivity contribution is 5.38. The fraction of sp³-hybridized carbons (Fsp3) is 0.667. The van der Waals surface area contributed by atoms with E-state index in [-0.39, 0.29) is 22.8 Å². The molecular formula is C18H31ClO4. The number of hydrogen-bond donors (Lipinski definition) is 3. The van der Waals surface area contributed by atoms with Crippen LogP contribution in [0.15, 0.2) is 18.2 Å². The number of rotatable bonds is 11. The quantitative estimate of drug-likeness (QED) is 0.532.